The topological polar surface area (TPSA) is 107 Å². The summed E-state index contributed by atoms with van der Waals surface area (Å²) >= 11 is 0. The van der Waals surface area contributed by atoms with E-state index in [0.29, 0.717) is 6.42 Å². The number of aliphatic hydroxyl groups is 1. The van der Waals surface area contributed by atoms with Gasteiger partial charge in [0.15, 0.2) is 0 Å². The van der Waals surface area contributed by atoms with E-state index in [0.717, 1.165) is 5.56 Å². The van der Waals surface area contributed by atoms with Crippen LogP contribution in [-0.2, 0) is 16.0 Å². The van der Waals surface area contributed by atoms with Crippen molar-refractivity contribution in [1.29, 1.82) is 0 Å². The van der Waals surface area contributed by atoms with E-state index in [1.54, 1.807) is 7.05 Å². The van der Waals surface area contributed by atoms with Crippen molar-refractivity contribution in [3.8, 4) is 0 Å². The van der Waals surface area contributed by atoms with Gasteiger partial charge in [-0.3, -0.25) is 4.79 Å². The summed E-state index contributed by atoms with van der Waals surface area (Å²) in [6.45, 7) is -0.778. The Morgan fingerprint density at radius 3 is 2.06 bits per heavy atom. The molecule has 1 rings (SSSR count). The fourth-order valence-electron chi connectivity index (χ4n) is 1.16. The van der Waals surface area contributed by atoms with Crippen molar-refractivity contribution in [2.24, 2.45) is 0 Å². The van der Waals surface area contributed by atoms with Crippen LogP contribution in [0.4, 0.5) is 0 Å². The second-order valence-corrected chi connectivity index (χ2v) is 3.42. The molecule has 4 N–H and O–H groups in total. The zero-order valence-electron chi connectivity index (χ0n) is 10.0. The Morgan fingerprint density at radius 2 is 1.72 bits per heavy atom. The van der Waals surface area contributed by atoms with Gasteiger partial charge in [-0.15, -0.1) is 0 Å². The number of benzene rings is 1. The third-order valence-electron chi connectivity index (χ3n) is 2.06. The minimum Gasteiger partial charge on any atom is -0.480 e. The predicted molar refractivity (Wildman–Crippen MR) is 65.4 cm³/mol. The van der Waals surface area contributed by atoms with Crippen LogP contribution in [0.25, 0.3) is 0 Å². The number of aliphatic carboxylic acids is 2. The van der Waals surface area contributed by atoms with Gasteiger partial charge in [-0.25, -0.2) is 4.79 Å². The van der Waals surface area contributed by atoms with Gasteiger partial charge in [0.1, 0.15) is 12.6 Å². The van der Waals surface area contributed by atoms with E-state index in [9.17, 15) is 4.79 Å². The smallest absolute Gasteiger partial charge is 0.329 e. The second kappa shape index (κ2) is 9.15. The van der Waals surface area contributed by atoms with Crippen molar-refractivity contribution in [2.45, 2.75) is 12.5 Å². The van der Waals surface area contributed by atoms with Gasteiger partial charge in [0.2, 0.25) is 0 Å². The lowest BCUT2D eigenvalue weighted by atomic mass is 10.1. The van der Waals surface area contributed by atoms with Crippen molar-refractivity contribution in [3.05, 3.63) is 35.9 Å². The van der Waals surface area contributed by atoms with Crippen molar-refractivity contribution in [3.63, 3.8) is 0 Å². The molecule has 1 atom stereocenters. The number of carbonyl (C=O) groups is 2. The molecular formula is C12H17NO5. The van der Waals surface area contributed by atoms with E-state index in [1.165, 1.54) is 0 Å². The first-order valence-electron chi connectivity index (χ1n) is 5.28. The lowest BCUT2D eigenvalue weighted by molar-refractivity contribution is -0.140. The Kier molecular flexibility index (Phi) is 8.17. The summed E-state index contributed by atoms with van der Waals surface area (Å²) in [7, 11) is 1.65. The van der Waals surface area contributed by atoms with Gasteiger partial charge in [0.05, 0.1) is 0 Å². The van der Waals surface area contributed by atoms with Crippen LogP contribution in [0.3, 0.4) is 0 Å². The lowest BCUT2D eigenvalue weighted by Gasteiger charge is -2.10. The molecule has 0 saturated heterocycles. The number of hydrogen-bond acceptors (Lipinski definition) is 4. The number of carboxylic acids is 2. The van der Waals surface area contributed by atoms with E-state index in [2.05, 4.69) is 5.32 Å². The first-order valence-corrected chi connectivity index (χ1v) is 5.28. The average molecular weight is 255 g/mol. The molecule has 0 aromatic heterocycles. The summed E-state index contributed by atoms with van der Waals surface area (Å²) in [6, 6.07) is 9.08. The zero-order chi connectivity index (χ0) is 14.0. The van der Waals surface area contributed by atoms with Crippen LogP contribution in [-0.4, -0.2) is 47.0 Å². The number of carboxylic acid groups (broad SMARTS) is 2. The van der Waals surface area contributed by atoms with Crippen LogP contribution in [0.2, 0.25) is 0 Å². The molecule has 6 nitrogen and oxygen atoms in total. The molecule has 1 aromatic rings. The van der Waals surface area contributed by atoms with Gasteiger partial charge in [0, 0.05) is 0 Å². The Bertz CT molecular complexity index is 366. The quantitative estimate of drug-likeness (QED) is 0.588. The highest BCUT2D eigenvalue weighted by Gasteiger charge is 2.14. The summed E-state index contributed by atoms with van der Waals surface area (Å²) in [5.74, 6) is -2.00. The van der Waals surface area contributed by atoms with E-state index >= 15 is 0 Å². The molecule has 1 unspecified atom stereocenters. The van der Waals surface area contributed by atoms with Crippen LogP contribution in [0, 0.1) is 0 Å². The summed E-state index contributed by atoms with van der Waals surface area (Å²) in [5.41, 5.74) is 1.03. The number of likely N-dealkylation sites (N-methyl/N-ethyl adjacent to an activating group) is 1. The average Bonchev–Trinajstić information content (AvgIpc) is 2.37. The number of aliphatic hydroxyl groups excluding tert-OH is 1. The molecule has 0 bridgehead atoms. The summed E-state index contributed by atoms with van der Waals surface area (Å²) < 4.78 is 0. The lowest BCUT2D eigenvalue weighted by Crippen LogP contribution is -2.35. The Hall–Kier alpha value is -1.92. The maximum absolute atomic E-state index is 10.7. The van der Waals surface area contributed by atoms with Crippen molar-refractivity contribution in [2.75, 3.05) is 13.7 Å². The normalized spacial score (nSPS) is 11.0. The monoisotopic (exact) mass is 255 g/mol. The fraction of sp³-hybridized carbons (Fsp3) is 0.333. The molecule has 0 amide bonds. The molecule has 0 saturated carbocycles. The van der Waals surface area contributed by atoms with Crippen molar-refractivity contribution >= 4 is 11.9 Å². The standard InChI is InChI=1S/C10H13NO2.C2H4O3/c1-11-9(10(12)13)7-8-5-3-2-4-6-8;3-1-2(4)5/h2-6,9,11H,7H2,1H3,(H,12,13);3H,1H2,(H,4,5). The highest BCUT2D eigenvalue weighted by Crippen LogP contribution is 2.02. The van der Waals surface area contributed by atoms with Gasteiger partial charge in [-0.05, 0) is 19.0 Å². The third-order valence-corrected chi connectivity index (χ3v) is 2.06. The van der Waals surface area contributed by atoms with Gasteiger partial charge in [-0.1, -0.05) is 30.3 Å². The maximum atomic E-state index is 10.7. The van der Waals surface area contributed by atoms with Gasteiger partial charge in [-0.2, -0.15) is 0 Å². The van der Waals surface area contributed by atoms with E-state index in [-0.39, 0.29) is 0 Å². The zero-order valence-corrected chi connectivity index (χ0v) is 10.0. The largest absolute Gasteiger partial charge is 0.480 e. The first-order chi connectivity index (χ1) is 8.51. The maximum Gasteiger partial charge on any atom is 0.329 e. The van der Waals surface area contributed by atoms with Gasteiger partial charge >= 0.3 is 11.9 Å². The Morgan fingerprint density at radius 1 is 1.22 bits per heavy atom. The fourth-order valence-corrected chi connectivity index (χ4v) is 1.16. The summed E-state index contributed by atoms with van der Waals surface area (Å²) in [5, 5.41) is 26.5. The summed E-state index contributed by atoms with van der Waals surface area (Å²) in [6.07, 6.45) is 0.521. The summed E-state index contributed by atoms with van der Waals surface area (Å²) in [4.78, 5) is 19.8. The minimum atomic E-state index is -1.19. The molecular weight excluding hydrogens is 238 g/mol. The number of hydrogen-bond donors (Lipinski definition) is 4. The molecule has 0 aliphatic heterocycles. The molecule has 0 fully saturated rings. The molecule has 0 radical (unpaired) electrons. The molecule has 0 aliphatic carbocycles. The predicted octanol–water partition coefficient (Wildman–Crippen LogP) is -0.0350. The van der Waals surface area contributed by atoms with Crippen LogP contribution >= 0.6 is 0 Å². The highest BCUT2D eigenvalue weighted by atomic mass is 16.4. The molecule has 0 heterocycles. The first kappa shape index (κ1) is 16.1. The van der Waals surface area contributed by atoms with E-state index in [1.807, 2.05) is 30.3 Å². The van der Waals surface area contributed by atoms with Crippen molar-refractivity contribution < 1.29 is 24.9 Å². The minimum absolute atomic E-state index is 0.498. The van der Waals surface area contributed by atoms with Crippen LogP contribution in [0.1, 0.15) is 5.56 Å². The molecule has 6 heteroatoms. The SMILES string of the molecule is CNC(Cc1ccccc1)C(=O)O.O=C(O)CO. The molecule has 1 aromatic carbocycles. The van der Waals surface area contributed by atoms with Crippen molar-refractivity contribution in [1.82, 2.24) is 5.32 Å². The Labute approximate surface area is 105 Å². The highest BCUT2D eigenvalue weighted by molar-refractivity contribution is 5.73. The molecule has 100 valence electrons. The van der Waals surface area contributed by atoms with Crippen LogP contribution in [0.15, 0.2) is 30.3 Å². The Balaban J connectivity index is 0.000000494. The van der Waals surface area contributed by atoms with E-state index < -0.39 is 24.6 Å². The second-order valence-electron chi connectivity index (χ2n) is 3.42. The molecule has 18 heavy (non-hydrogen) atoms. The number of nitrogens with one attached hydrogen (secondary N) is 1. The van der Waals surface area contributed by atoms with Gasteiger partial charge in [0.25, 0.3) is 0 Å². The molecule has 0 aliphatic rings. The van der Waals surface area contributed by atoms with Crippen LogP contribution in [0.5, 0.6) is 0 Å². The molecule has 0 spiro atoms. The van der Waals surface area contributed by atoms with Crippen LogP contribution < -0.4 is 5.32 Å². The number of rotatable bonds is 5. The van der Waals surface area contributed by atoms with E-state index in [4.69, 9.17) is 20.1 Å². The van der Waals surface area contributed by atoms with Gasteiger partial charge < -0.3 is 20.6 Å². The third kappa shape index (κ3) is 7.37.